The standard InChI is InChI=1S/C14H19F6N5S/c1-9(13(15,16)17)24-3-5-25(6-4-24)12(21-2)22-7-11-23-10(8-26-11)14(18,19)20/h8-9H,3-7H2,1-2H3,(H,21,22). The fourth-order valence-corrected chi connectivity index (χ4v) is 3.28. The van der Waals surface area contributed by atoms with Gasteiger partial charge in [0.2, 0.25) is 0 Å². The van der Waals surface area contributed by atoms with Gasteiger partial charge >= 0.3 is 12.4 Å². The van der Waals surface area contributed by atoms with Crippen LogP contribution in [0.2, 0.25) is 0 Å². The van der Waals surface area contributed by atoms with Crippen molar-refractivity contribution in [2.24, 2.45) is 4.99 Å². The van der Waals surface area contributed by atoms with Crippen molar-refractivity contribution in [2.45, 2.75) is 31.9 Å². The summed E-state index contributed by atoms with van der Waals surface area (Å²) in [5.41, 5.74) is -0.941. The predicted octanol–water partition coefficient (Wildman–Crippen LogP) is 2.81. The first-order valence-electron chi connectivity index (χ1n) is 7.80. The number of hydrogen-bond donors (Lipinski definition) is 1. The van der Waals surface area contributed by atoms with E-state index in [-0.39, 0.29) is 24.6 Å². The van der Waals surface area contributed by atoms with Gasteiger partial charge in [0.25, 0.3) is 0 Å². The van der Waals surface area contributed by atoms with E-state index in [1.807, 2.05) is 0 Å². The maximum Gasteiger partial charge on any atom is 0.434 e. The molecule has 148 valence electrons. The zero-order chi connectivity index (χ0) is 19.5. The number of nitrogens with one attached hydrogen (secondary N) is 1. The Balaban J connectivity index is 1.88. The van der Waals surface area contributed by atoms with Crippen LogP contribution in [0.1, 0.15) is 17.6 Å². The average molecular weight is 403 g/mol. The molecular formula is C14H19F6N5S. The number of thiazole rings is 1. The number of aliphatic imine (C=N–C) groups is 1. The number of guanidine groups is 1. The third-order valence-electron chi connectivity index (χ3n) is 4.09. The van der Waals surface area contributed by atoms with E-state index in [4.69, 9.17) is 0 Å². The van der Waals surface area contributed by atoms with Gasteiger partial charge < -0.3 is 10.2 Å². The summed E-state index contributed by atoms with van der Waals surface area (Å²) in [6.45, 7) is 2.31. The first-order chi connectivity index (χ1) is 12.0. The Bertz CT molecular complexity index is 618. The molecule has 0 saturated carbocycles. The largest absolute Gasteiger partial charge is 0.434 e. The molecule has 1 aromatic rings. The van der Waals surface area contributed by atoms with Crippen molar-refractivity contribution in [3.8, 4) is 0 Å². The van der Waals surface area contributed by atoms with E-state index < -0.39 is 24.1 Å². The molecule has 26 heavy (non-hydrogen) atoms. The molecule has 0 aromatic carbocycles. The van der Waals surface area contributed by atoms with Gasteiger partial charge in [-0.15, -0.1) is 11.3 Å². The Morgan fingerprint density at radius 3 is 2.31 bits per heavy atom. The number of nitrogens with zero attached hydrogens (tertiary/aromatic N) is 4. The zero-order valence-electron chi connectivity index (χ0n) is 14.2. The smallest absolute Gasteiger partial charge is 0.350 e. The van der Waals surface area contributed by atoms with Gasteiger partial charge in [0.1, 0.15) is 11.0 Å². The van der Waals surface area contributed by atoms with Crippen LogP contribution in [0.25, 0.3) is 0 Å². The van der Waals surface area contributed by atoms with E-state index in [2.05, 4.69) is 15.3 Å². The highest BCUT2D eigenvalue weighted by molar-refractivity contribution is 7.09. The molecule has 12 heteroatoms. The second-order valence-electron chi connectivity index (χ2n) is 5.77. The lowest BCUT2D eigenvalue weighted by Crippen LogP contribution is -2.56. The molecule has 0 bridgehead atoms. The molecule has 1 aliphatic rings. The molecule has 0 radical (unpaired) electrons. The number of halogens is 6. The summed E-state index contributed by atoms with van der Waals surface area (Å²) in [6, 6.07) is -1.52. The van der Waals surface area contributed by atoms with Crippen molar-refractivity contribution in [1.29, 1.82) is 0 Å². The number of piperazine rings is 1. The maximum absolute atomic E-state index is 12.8. The predicted molar refractivity (Wildman–Crippen MR) is 86.0 cm³/mol. The van der Waals surface area contributed by atoms with Crippen LogP contribution in [0.15, 0.2) is 10.4 Å². The van der Waals surface area contributed by atoms with Crippen LogP contribution in [0.3, 0.4) is 0 Å². The van der Waals surface area contributed by atoms with Crippen molar-refractivity contribution in [2.75, 3.05) is 33.2 Å². The SMILES string of the molecule is CN=C(NCc1nc(C(F)(F)F)cs1)N1CCN(C(C)C(F)(F)F)CC1. The van der Waals surface area contributed by atoms with E-state index >= 15 is 0 Å². The second-order valence-corrected chi connectivity index (χ2v) is 6.71. The summed E-state index contributed by atoms with van der Waals surface area (Å²) in [7, 11) is 1.51. The average Bonchev–Trinajstić information content (AvgIpc) is 3.04. The monoisotopic (exact) mass is 403 g/mol. The van der Waals surface area contributed by atoms with Crippen molar-refractivity contribution >= 4 is 17.3 Å². The Morgan fingerprint density at radius 2 is 1.85 bits per heavy atom. The van der Waals surface area contributed by atoms with Crippen molar-refractivity contribution in [1.82, 2.24) is 20.1 Å². The maximum atomic E-state index is 12.8. The lowest BCUT2D eigenvalue weighted by Gasteiger charge is -2.39. The topological polar surface area (TPSA) is 43.8 Å². The molecule has 1 aliphatic heterocycles. The summed E-state index contributed by atoms with van der Waals surface area (Å²) in [4.78, 5) is 10.7. The number of rotatable bonds is 3. The van der Waals surface area contributed by atoms with E-state index in [0.717, 1.165) is 23.6 Å². The fraction of sp³-hybridized carbons (Fsp3) is 0.714. The highest BCUT2D eigenvalue weighted by atomic mass is 32.1. The summed E-state index contributed by atoms with van der Waals surface area (Å²) < 4.78 is 76.0. The third kappa shape index (κ3) is 5.22. The highest BCUT2D eigenvalue weighted by Gasteiger charge is 2.41. The molecular weight excluding hydrogens is 384 g/mol. The van der Waals surface area contributed by atoms with Gasteiger partial charge in [0.05, 0.1) is 6.54 Å². The Hall–Kier alpha value is -1.56. The molecule has 0 aliphatic carbocycles. The highest BCUT2D eigenvalue weighted by Crippen LogP contribution is 2.30. The quantitative estimate of drug-likeness (QED) is 0.479. The van der Waals surface area contributed by atoms with Gasteiger partial charge in [-0.1, -0.05) is 0 Å². The lowest BCUT2D eigenvalue weighted by molar-refractivity contribution is -0.181. The van der Waals surface area contributed by atoms with Gasteiger partial charge in [-0.25, -0.2) is 4.98 Å². The summed E-state index contributed by atoms with van der Waals surface area (Å²) >= 11 is 0.882. The second kappa shape index (κ2) is 7.99. The molecule has 1 saturated heterocycles. The minimum atomic E-state index is -4.48. The third-order valence-corrected chi connectivity index (χ3v) is 4.94. The molecule has 1 atom stereocenters. The van der Waals surface area contributed by atoms with Gasteiger partial charge in [-0.2, -0.15) is 26.3 Å². The molecule has 5 nitrogen and oxygen atoms in total. The van der Waals surface area contributed by atoms with Crippen LogP contribution in [-0.2, 0) is 12.7 Å². The minimum Gasteiger partial charge on any atom is -0.350 e. The van der Waals surface area contributed by atoms with Gasteiger partial charge in [-0.05, 0) is 6.92 Å². The van der Waals surface area contributed by atoms with Crippen molar-refractivity contribution in [3.05, 3.63) is 16.1 Å². The van der Waals surface area contributed by atoms with Crippen LogP contribution in [-0.4, -0.2) is 66.2 Å². The molecule has 2 heterocycles. The molecule has 1 aromatic heterocycles. The summed E-state index contributed by atoms with van der Waals surface area (Å²) in [5, 5.41) is 4.10. The van der Waals surface area contributed by atoms with Gasteiger partial charge in [0, 0.05) is 38.6 Å². The van der Waals surface area contributed by atoms with Crippen LogP contribution in [0.4, 0.5) is 26.3 Å². The van der Waals surface area contributed by atoms with Crippen LogP contribution in [0.5, 0.6) is 0 Å². The molecule has 2 rings (SSSR count). The first-order valence-corrected chi connectivity index (χ1v) is 8.68. The Labute approximate surface area is 150 Å². The fourth-order valence-electron chi connectivity index (χ4n) is 2.54. The molecule has 0 spiro atoms. The Kier molecular flexibility index (Phi) is 6.37. The van der Waals surface area contributed by atoms with Gasteiger partial charge in [-0.3, -0.25) is 9.89 Å². The number of aromatic nitrogens is 1. The van der Waals surface area contributed by atoms with Gasteiger partial charge in [0.15, 0.2) is 11.7 Å². The van der Waals surface area contributed by atoms with E-state index in [1.165, 1.54) is 11.9 Å². The zero-order valence-corrected chi connectivity index (χ0v) is 15.0. The van der Waals surface area contributed by atoms with E-state index in [0.29, 0.717) is 19.0 Å². The molecule has 1 fully saturated rings. The number of hydrogen-bond acceptors (Lipinski definition) is 4. The first kappa shape index (κ1) is 20.7. The molecule has 0 amide bonds. The van der Waals surface area contributed by atoms with Crippen molar-refractivity contribution in [3.63, 3.8) is 0 Å². The Morgan fingerprint density at radius 1 is 1.23 bits per heavy atom. The van der Waals surface area contributed by atoms with E-state index in [1.54, 1.807) is 4.90 Å². The minimum absolute atomic E-state index is 0.0621. The molecule has 1 unspecified atom stereocenters. The summed E-state index contributed by atoms with van der Waals surface area (Å²) in [5.74, 6) is 0.424. The summed E-state index contributed by atoms with van der Waals surface area (Å²) in [6.07, 6.45) is -8.76. The lowest BCUT2D eigenvalue weighted by atomic mass is 10.2. The van der Waals surface area contributed by atoms with Crippen LogP contribution < -0.4 is 5.32 Å². The molecule has 1 N–H and O–H groups in total. The van der Waals surface area contributed by atoms with Crippen LogP contribution >= 0.6 is 11.3 Å². The van der Waals surface area contributed by atoms with Crippen LogP contribution in [0, 0.1) is 0 Å². The van der Waals surface area contributed by atoms with E-state index in [9.17, 15) is 26.3 Å². The number of alkyl halides is 6. The van der Waals surface area contributed by atoms with Crippen molar-refractivity contribution < 1.29 is 26.3 Å². The normalized spacial score (nSPS) is 18.9.